The maximum absolute atomic E-state index is 13.4. The lowest BCUT2D eigenvalue weighted by Gasteiger charge is -2.18. The number of rotatable bonds is 10. The minimum absolute atomic E-state index is 0.148. The zero-order valence-electron chi connectivity index (χ0n) is 18.0. The Hall–Kier alpha value is -3.01. The summed E-state index contributed by atoms with van der Waals surface area (Å²) in [6, 6.07) is 19.5. The molecule has 0 fully saturated rings. The second kappa shape index (κ2) is 11.2. The summed E-state index contributed by atoms with van der Waals surface area (Å²) in [5.41, 5.74) is 1.78. The number of halogens is 1. The molecule has 0 saturated heterocycles. The lowest BCUT2D eigenvalue weighted by Crippen LogP contribution is -2.30. The zero-order valence-corrected chi connectivity index (χ0v) is 19.6. The van der Waals surface area contributed by atoms with E-state index in [9.17, 15) is 9.18 Å². The van der Waals surface area contributed by atoms with E-state index in [2.05, 4.69) is 15.5 Å². The molecule has 9 heteroatoms. The van der Waals surface area contributed by atoms with E-state index in [0.29, 0.717) is 18.3 Å². The quantitative estimate of drug-likeness (QED) is 0.329. The Morgan fingerprint density at radius 3 is 2.61 bits per heavy atom. The molecule has 0 radical (unpaired) electrons. The third-order valence-electron chi connectivity index (χ3n) is 4.94. The van der Waals surface area contributed by atoms with Gasteiger partial charge in [-0.05, 0) is 29.1 Å². The molecule has 1 atom stereocenters. The van der Waals surface area contributed by atoms with Crippen molar-refractivity contribution in [3.05, 3.63) is 88.4 Å². The Labute approximate surface area is 199 Å². The van der Waals surface area contributed by atoms with Crippen molar-refractivity contribution in [3.63, 3.8) is 0 Å². The average molecular weight is 483 g/mol. The molecular formula is C24H23FN4O2S2. The number of ether oxygens (including phenoxy) is 1. The third-order valence-corrected chi connectivity index (χ3v) is 6.84. The zero-order chi connectivity index (χ0) is 23.0. The van der Waals surface area contributed by atoms with E-state index in [-0.39, 0.29) is 23.5 Å². The number of aromatic nitrogens is 3. The number of thioether (sulfide) groups is 1. The number of methoxy groups -OCH3 is 1. The summed E-state index contributed by atoms with van der Waals surface area (Å²) in [7, 11) is 1.65. The summed E-state index contributed by atoms with van der Waals surface area (Å²) in [5, 5.41) is 14.3. The number of amides is 1. The highest BCUT2D eigenvalue weighted by atomic mass is 32.2. The predicted molar refractivity (Wildman–Crippen MR) is 129 cm³/mol. The molecule has 6 nitrogen and oxygen atoms in total. The van der Waals surface area contributed by atoms with Crippen LogP contribution in [0, 0.1) is 5.82 Å². The first-order valence-corrected chi connectivity index (χ1v) is 12.2. The van der Waals surface area contributed by atoms with Gasteiger partial charge in [-0.25, -0.2) is 4.39 Å². The summed E-state index contributed by atoms with van der Waals surface area (Å²) >= 11 is 2.87. The summed E-state index contributed by atoms with van der Waals surface area (Å²) in [6.45, 7) is 1.08. The number of carbonyl (C=O) groups excluding carboxylic acids is 1. The molecule has 1 N–H and O–H groups in total. The minimum atomic E-state index is -0.343. The van der Waals surface area contributed by atoms with Gasteiger partial charge in [-0.1, -0.05) is 60.3 Å². The van der Waals surface area contributed by atoms with E-state index < -0.39 is 0 Å². The molecule has 0 aliphatic carbocycles. The Balaban J connectivity index is 1.48. The van der Waals surface area contributed by atoms with E-state index in [4.69, 9.17) is 4.74 Å². The molecular weight excluding hydrogens is 459 g/mol. The van der Waals surface area contributed by atoms with Crippen LogP contribution in [0.15, 0.2) is 77.3 Å². The highest BCUT2D eigenvalue weighted by molar-refractivity contribution is 7.99. The molecule has 4 aromatic rings. The lowest BCUT2D eigenvalue weighted by atomic mass is 10.1. The third kappa shape index (κ3) is 5.87. The first kappa shape index (κ1) is 23.2. The van der Waals surface area contributed by atoms with Gasteiger partial charge in [-0.3, -0.25) is 9.36 Å². The predicted octanol–water partition coefficient (Wildman–Crippen LogP) is 4.79. The van der Waals surface area contributed by atoms with E-state index in [1.165, 1.54) is 23.9 Å². The maximum atomic E-state index is 13.4. The first-order valence-electron chi connectivity index (χ1n) is 10.3. The largest absolute Gasteiger partial charge is 0.383 e. The molecule has 0 saturated carbocycles. The summed E-state index contributed by atoms with van der Waals surface area (Å²) in [6.07, 6.45) is 0. The van der Waals surface area contributed by atoms with Gasteiger partial charge in [0.1, 0.15) is 5.82 Å². The number of nitrogens with one attached hydrogen (secondary N) is 1. The smallest absolute Gasteiger partial charge is 0.231 e. The SMILES string of the molecule is COCCn1c(SCC(=O)N[C@H](c2ccc(F)cc2)c2cccs2)nnc1-c1ccccc1. The molecule has 33 heavy (non-hydrogen) atoms. The topological polar surface area (TPSA) is 69.0 Å². The van der Waals surface area contributed by atoms with Gasteiger partial charge in [0, 0.05) is 17.6 Å². The van der Waals surface area contributed by atoms with Crippen LogP contribution in [0.5, 0.6) is 0 Å². The summed E-state index contributed by atoms with van der Waals surface area (Å²) < 4.78 is 20.6. The number of nitrogens with zero attached hydrogens (tertiary/aromatic N) is 3. The summed E-state index contributed by atoms with van der Waals surface area (Å²) in [5.74, 6) is 0.446. The van der Waals surface area contributed by atoms with Crippen LogP contribution < -0.4 is 5.32 Å². The molecule has 0 aliphatic rings. The molecule has 0 unspecified atom stereocenters. The van der Waals surface area contributed by atoms with Crippen molar-refractivity contribution in [2.24, 2.45) is 0 Å². The van der Waals surface area contributed by atoms with Gasteiger partial charge < -0.3 is 10.1 Å². The van der Waals surface area contributed by atoms with Gasteiger partial charge in [-0.15, -0.1) is 21.5 Å². The van der Waals surface area contributed by atoms with Crippen molar-refractivity contribution < 1.29 is 13.9 Å². The van der Waals surface area contributed by atoms with Crippen LogP contribution >= 0.6 is 23.1 Å². The molecule has 0 aliphatic heterocycles. The number of hydrogen-bond acceptors (Lipinski definition) is 6. The minimum Gasteiger partial charge on any atom is -0.383 e. The molecule has 2 aromatic heterocycles. The first-order chi connectivity index (χ1) is 16.2. The molecule has 170 valence electrons. The highest BCUT2D eigenvalue weighted by Crippen LogP contribution is 2.27. The van der Waals surface area contributed by atoms with Gasteiger partial charge in [0.2, 0.25) is 5.91 Å². The van der Waals surface area contributed by atoms with Crippen molar-refractivity contribution in [2.45, 2.75) is 17.7 Å². The molecule has 2 heterocycles. The Kier molecular flexibility index (Phi) is 7.87. The average Bonchev–Trinajstić information content (AvgIpc) is 3.51. The summed E-state index contributed by atoms with van der Waals surface area (Å²) in [4.78, 5) is 13.9. The van der Waals surface area contributed by atoms with Gasteiger partial charge in [0.05, 0.1) is 24.9 Å². The molecule has 1 amide bonds. The standard InChI is InChI=1S/C24H23FN4O2S2/c1-31-14-13-29-23(18-6-3-2-4-7-18)27-28-24(29)33-16-21(30)26-22(20-8-5-15-32-20)17-9-11-19(25)12-10-17/h2-12,15,22H,13-14,16H2,1H3,(H,26,30)/t22-/m1/s1. The van der Waals surface area contributed by atoms with Crippen LogP contribution in [-0.2, 0) is 16.1 Å². The van der Waals surface area contributed by atoms with E-state index in [0.717, 1.165) is 21.8 Å². The number of carbonyl (C=O) groups is 1. The molecule has 2 aromatic carbocycles. The molecule has 0 spiro atoms. The normalized spacial score (nSPS) is 11.9. The van der Waals surface area contributed by atoms with Gasteiger partial charge in [0.25, 0.3) is 0 Å². The van der Waals surface area contributed by atoms with Crippen molar-refractivity contribution in [1.82, 2.24) is 20.1 Å². The van der Waals surface area contributed by atoms with Crippen LogP contribution in [0.1, 0.15) is 16.5 Å². The van der Waals surface area contributed by atoms with E-state index in [1.807, 2.05) is 52.4 Å². The fourth-order valence-electron chi connectivity index (χ4n) is 3.34. The van der Waals surface area contributed by atoms with E-state index in [1.54, 1.807) is 30.6 Å². The number of benzene rings is 2. The van der Waals surface area contributed by atoms with Crippen molar-refractivity contribution >= 4 is 29.0 Å². The fraction of sp³-hybridized carbons (Fsp3) is 0.208. The van der Waals surface area contributed by atoms with Crippen LogP contribution in [0.3, 0.4) is 0 Å². The molecule has 4 rings (SSSR count). The molecule has 0 bridgehead atoms. The Bertz CT molecular complexity index is 1170. The van der Waals surface area contributed by atoms with Gasteiger partial charge in [0.15, 0.2) is 11.0 Å². The number of thiophene rings is 1. The Morgan fingerprint density at radius 1 is 1.12 bits per heavy atom. The second-order valence-electron chi connectivity index (χ2n) is 7.17. The van der Waals surface area contributed by atoms with Crippen LogP contribution in [0.4, 0.5) is 4.39 Å². The highest BCUT2D eigenvalue weighted by Gasteiger charge is 2.20. The Morgan fingerprint density at radius 2 is 1.91 bits per heavy atom. The second-order valence-corrected chi connectivity index (χ2v) is 9.09. The van der Waals surface area contributed by atoms with Crippen LogP contribution in [0.25, 0.3) is 11.4 Å². The van der Waals surface area contributed by atoms with Crippen molar-refractivity contribution in [1.29, 1.82) is 0 Å². The monoisotopic (exact) mass is 482 g/mol. The maximum Gasteiger partial charge on any atom is 0.231 e. The van der Waals surface area contributed by atoms with Crippen molar-refractivity contribution in [2.75, 3.05) is 19.5 Å². The fourth-order valence-corrected chi connectivity index (χ4v) is 4.92. The number of hydrogen-bond donors (Lipinski definition) is 1. The van der Waals surface area contributed by atoms with E-state index >= 15 is 0 Å². The van der Waals surface area contributed by atoms with Gasteiger partial charge >= 0.3 is 0 Å². The van der Waals surface area contributed by atoms with Crippen LogP contribution in [0.2, 0.25) is 0 Å². The lowest BCUT2D eigenvalue weighted by molar-refractivity contribution is -0.119. The van der Waals surface area contributed by atoms with Crippen LogP contribution in [-0.4, -0.2) is 40.1 Å². The van der Waals surface area contributed by atoms with Crippen molar-refractivity contribution in [3.8, 4) is 11.4 Å². The van der Waals surface area contributed by atoms with Gasteiger partial charge in [-0.2, -0.15) is 0 Å².